The van der Waals surface area contributed by atoms with E-state index in [2.05, 4.69) is 21.2 Å². The lowest BCUT2D eigenvalue weighted by Crippen LogP contribution is -2.40. The standard InChI is InChI=1S/C13H12BrN3O2/c1-13(2)11(18)17(12(19)16-13)7-9-5-8(6-15)3-4-10(9)14/h3-5H,7H2,1-2H3,(H,16,19). The highest BCUT2D eigenvalue weighted by molar-refractivity contribution is 9.10. The summed E-state index contributed by atoms with van der Waals surface area (Å²) < 4.78 is 0.761. The van der Waals surface area contributed by atoms with Crippen molar-refractivity contribution >= 4 is 27.9 Å². The van der Waals surface area contributed by atoms with Crippen molar-refractivity contribution in [1.29, 1.82) is 5.26 Å². The van der Waals surface area contributed by atoms with Crippen LogP contribution in [0.4, 0.5) is 4.79 Å². The van der Waals surface area contributed by atoms with Crippen molar-refractivity contribution < 1.29 is 9.59 Å². The van der Waals surface area contributed by atoms with Crippen LogP contribution in [0, 0.1) is 11.3 Å². The maximum absolute atomic E-state index is 12.1. The molecule has 0 atom stereocenters. The molecule has 19 heavy (non-hydrogen) atoms. The molecule has 0 radical (unpaired) electrons. The zero-order chi connectivity index (χ0) is 14.2. The van der Waals surface area contributed by atoms with Crippen LogP contribution in [0.3, 0.4) is 0 Å². The first-order valence-electron chi connectivity index (χ1n) is 5.68. The fourth-order valence-electron chi connectivity index (χ4n) is 1.90. The monoisotopic (exact) mass is 321 g/mol. The average molecular weight is 322 g/mol. The Kier molecular flexibility index (Phi) is 3.33. The minimum atomic E-state index is -0.879. The first-order valence-corrected chi connectivity index (χ1v) is 6.47. The number of imide groups is 1. The second-order valence-corrected chi connectivity index (χ2v) is 5.72. The van der Waals surface area contributed by atoms with Gasteiger partial charge in [0.15, 0.2) is 0 Å². The number of nitrogens with one attached hydrogen (secondary N) is 1. The van der Waals surface area contributed by atoms with E-state index in [0.717, 1.165) is 14.9 Å². The normalized spacial score (nSPS) is 17.3. The molecule has 0 bridgehead atoms. The lowest BCUT2D eigenvalue weighted by Gasteiger charge is -2.16. The van der Waals surface area contributed by atoms with Crippen molar-refractivity contribution in [3.8, 4) is 6.07 Å². The Morgan fingerprint density at radius 3 is 2.63 bits per heavy atom. The van der Waals surface area contributed by atoms with Gasteiger partial charge in [-0.2, -0.15) is 5.26 Å². The molecule has 5 nitrogen and oxygen atoms in total. The highest BCUT2D eigenvalue weighted by Gasteiger charge is 2.44. The van der Waals surface area contributed by atoms with Crippen LogP contribution < -0.4 is 5.32 Å². The van der Waals surface area contributed by atoms with E-state index in [1.807, 2.05) is 6.07 Å². The Labute approximate surface area is 119 Å². The maximum atomic E-state index is 12.1. The van der Waals surface area contributed by atoms with Gasteiger partial charge in [0.25, 0.3) is 5.91 Å². The number of hydrogen-bond donors (Lipinski definition) is 1. The summed E-state index contributed by atoms with van der Waals surface area (Å²) >= 11 is 3.36. The van der Waals surface area contributed by atoms with E-state index in [-0.39, 0.29) is 12.5 Å². The number of carbonyl (C=O) groups is 2. The molecule has 1 heterocycles. The van der Waals surface area contributed by atoms with Gasteiger partial charge in [-0.1, -0.05) is 15.9 Å². The number of halogens is 1. The van der Waals surface area contributed by atoms with Crippen LogP contribution in [0.1, 0.15) is 25.0 Å². The molecule has 98 valence electrons. The van der Waals surface area contributed by atoms with Crippen LogP contribution in [0.2, 0.25) is 0 Å². The maximum Gasteiger partial charge on any atom is 0.325 e. The zero-order valence-corrected chi connectivity index (χ0v) is 12.1. The Hall–Kier alpha value is -1.87. The number of urea groups is 1. The molecule has 0 aromatic heterocycles. The van der Waals surface area contributed by atoms with E-state index >= 15 is 0 Å². The van der Waals surface area contributed by atoms with Crippen LogP contribution in [0.25, 0.3) is 0 Å². The fraction of sp³-hybridized carbons (Fsp3) is 0.308. The van der Waals surface area contributed by atoms with Gasteiger partial charge < -0.3 is 5.32 Å². The second kappa shape index (κ2) is 4.67. The lowest BCUT2D eigenvalue weighted by molar-refractivity contribution is -0.130. The molecule has 6 heteroatoms. The van der Waals surface area contributed by atoms with E-state index in [1.165, 1.54) is 0 Å². The summed E-state index contributed by atoms with van der Waals surface area (Å²) in [4.78, 5) is 25.0. The van der Waals surface area contributed by atoms with E-state index in [9.17, 15) is 9.59 Å². The molecule has 1 aliphatic rings. The summed E-state index contributed by atoms with van der Waals surface area (Å²) in [5, 5.41) is 11.5. The predicted molar refractivity (Wildman–Crippen MR) is 72.0 cm³/mol. The Bertz CT molecular complexity index is 604. The van der Waals surface area contributed by atoms with Gasteiger partial charge in [0.2, 0.25) is 0 Å². The first kappa shape index (κ1) is 13.6. The largest absolute Gasteiger partial charge is 0.325 e. The minimum absolute atomic E-state index is 0.143. The number of amides is 3. The van der Waals surface area contributed by atoms with Crippen molar-refractivity contribution in [2.45, 2.75) is 25.9 Å². The molecule has 1 aromatic carbocycles. The molecular formula is C13H12BrN3O2. The van der Waals surface area contributed by atoms with Crippen molar-refractivity contribution in [2.75, 3.05) is 0 Å². The summed E-state index contributed by atoms with van der Waals surface area (Å²) in [7, 11) is 0. The predicted octanol–water partition coefficient (Wildman–Crippen LogP) is 2.15. The Morgan fingerprint density at radius 1 is 1.42 bits per heavy atom. The van der Waals surface area contributed by atoms with Crippen molar-refractivity contribution in [3.05, 3.63) is 33.8 Å². The third-order valence-corrected chi connectivity index (χ3v) is 3.72. The van der Waals surface area contributed by atoms with Gasteiger partial charge in [0.05, 0.1) is 18.2 Å². The zero-order valence-electron chi connectivity index (χ0n) is 10.5. The van der Waals surface area contributed by atoms with E-state index in [1.54, 1.807) is 32.0 Å². The molecule has 0 unspecified atom stereocenters. The number of nitrogens with zero attached hydrogens (tertiary/aromatic N) is 2. The summed E-state index contributed by atoms with van der Waals surface area (Å²) in [6.45, 7) is 3.46. The molecule has 0 saturated carbocycles. The van der Waals surface area contributed by atoms with E-state index in [4.69, 9.17) is 5.26 Å². The molecule has 1 N–H and O–H groups in total. The molecular weight excluding hydrogens is 310 g/mol. The highest BCUT2D eigenvalue weighted by atomic mass is 79.9. The number of hydrogen-bond acceptors (Lipinski definition) is 3. The number of nitriles is 1. The van der Waals surface area contributed by atoms with Gasteiger partial charge in [-0.25, -0.2) is 4.79 Å². The van der Waals surface area contributed by atoms with Gasteiger partial charge in [-0.3, -0.25) is 9.69 Å². The van der Waals surface area contributed by atoms with Gasteiger partial charge in [0, 0.05) is 4.47 Å². The molecule has 3 amide bonds. The van der Waals surface area contributed by atoms with Crippen molar-refractivity contribution in [1.82, 2.24) is 10.2 Å². The third-order valence-electron chi connectivity index (χ3n) is 2.95. The number of rotatable bonds is 2. The lowest BCUT2D eigenvalue weighted by atomic mass is 10.1. The van der Waals surface area contributed by atoms with E-state index in [0.29, 0.717) is 5.56 Å². The quantitative estimate of drug-likeness (QED) is 0.848. The fourth-order valence-corrected chi connectivity index (χ4v) is 2.27. The van der Waals surface area contributed by atoms with Crippen LogP contribution >= 0.6 is 15.9 Å². The van der Waals surface area contributed by atoms with Gasteiger partial charge in [-0.15, -0.1) is 0 Å². The number of benzene rings is 1. The first-order chi connectivity index (χ1) is 8.85. The third kappa shape index (κ3) is 2.47. The van der Waals surface area contributed by atoms with Crippen LogP contribution in [0.5, 0.6) is 0 Å². The molecule has 0 spiro atoms. The topological polar surface area (TPSA) is 73.2 Å². The molecule has 2 rings (SSSR count). The molecule has 1 aromatic rings. The van der Waals surface area contributed by atoms with Gasteiger partial charge >= 0.3 is 6.03 Å². The van der Waals surface area contributed by atoms with Crippen molar-refractivity contribution in [2.24, 2.45) is 0 Å². The minimum Gasteiger partial charge on any atom is -0.324 e. The Morgan fingerprint density at radius 2 is 2.11 bits per heavy atom. The summed E-state index contributed by atoms with van der Waals surface area (Å²) in [6, 6.07) is 6.69. The second-order valence-electron chi connectivity index (χ2n) is 4.86. The summed E-state index contributed by atoms with van der Waals surface area (Å²) in [5.41, 5.74) is 0.334. The molecule has 1 fully saturated rings. The molecule has 1 aliphatic heterocycles. The van der Waals surface area contributed by atoms with Crippen LogP contribution in [-0.2, 0) is 11.3 Å². The van der Waals surface area contributed by atoms with Gasteiger partial charge in [-0.05, 0) is 37.6 Å². The molecule has 0 aliphatic carbocycles. The highest BCUT2D eigenvalue weighted by Crippen LogP contribution is 2.24. The van der Waals surface area contributed by atoms with E-state index < -0.39 is 11.6 Å². The summed E-state index contributed by atoms with van der Waals surface area (Å²) in [6.07, 6.45) is 0. The van der Waals surface area contributed by atoms with Crippen LogP contribution in [0.15, 0.2) is 22.7 Å². The SMILES string of the molecule is CC1(C)NC(=O)N(Cc2cc(C#N)ccc2Br)C1=O. The smallest absolute Gasteiger partial charge is 0.324 e. The van der Waals surface area contributed by atoms with Gasteiger partial charge in [0.1, 0.15) is 5.54 Å². The molecule has 1 saturated heterocycles. The van der Waals surface area contributed by atoms with Crippen molar-refractivity contribution in [3.63, 3.8) is 0 Å². The number of carbonyl (C=O) groups excluding carboxylic acids is 2. The summed E-state index contributed by atoms with van der Waals surface area (Å²) in [5.74, 6) is -0.272. The Balaban J connectivity index is 2.30. The average Bonchev–Trinajstić information content (AvgIpc) is 2.54. The van der Waals surface area contributed by atoms with Crippen LogP contribution in [-0.4, -0.2) is 22.4 Å².